The third kappa shape index (κ3) is 4.44. The van der Waals surface area contributed by atoms with E-state index >= 15 is 0 Å². The van der Waals surface area contributed by atoms with Gasteiger partial charge < -0.3 is 10.2 Å². The fourth-order valence-electron chi connectivity index (χ4n) is 2.70. The Morgan fingerprint density at radius 2 is 1.76 bits per heavy atom. The lowest BCUT2D eigenvalue weighted by Gasteiger charge is -2.24. The van der Waals surface area contributed by atoms with E-state index in [0.717, 1.165) is 22.5 Å². The van der Waals surface area contributed by atoms with Crippen molar-refractivity contribution in [2.75, 3.05) is 14.1 Å². The van der Waals surface area contributed by atoms with Crippen molar-refractivity contribution in [3.05, 3.63) is 53.3 Å². The molecule has 0 saturated heterocycles. The van der Waals surface area contributed by atoms with Crippen molar-refractivity contribution < 1.29 is 9.59 Å². The summed E-state index contributed by atoms with van der Waals surface area (Å²) in [7, 11) is 3.31. The number of carbonyl (C=O) groups excluding carboxylic acids is 2. The number of pyridine rings is 1. The zero-order valence-electron chi connectivity index (χ0n) is 15.5. The fourth-order valence-corrected chi connectivity index (χ4v) is 2.70. The molecule has 0 aliphatic rings. The Labute approximate surface area is 149 Å². The van der Waals surface area contributed by atoms with E-state index in [1.54, 1.807) is 19.0 Å². The zero-order chi connectivity index (χ0) is 18.6. The van der Waals surface area contributed by atoms with E-state index in [1.165, 1.54) is 0 Å². The van der Waals surface area contributed by atoms with Crippen LogP contribution in [0.4, 0.5) is 0 Å². The molecule has 0 radical (unpaired) electrons. The zero-order valence-corrected chi connectivity index (χ0v) is 15.5. The van der Waals surface area contributed by atoms with Crippen molar-refractivity contribution in [3.8, 4) is 11.1 Å². The van der Waals surface area contributed by atoms with Crippen molar-refractivity contribution in [1.29, 1.82) is 0 Å². The topological polar surface area (TPSA) is 62.3 Å². The molecule has 0 aliphatic heterocycles. The van der Waals surface area contributed by atoms with Crippen LogP contribution in [-0.4, -0.2) is 41.8 Å². The van der Waals surface area contributed by atoms with Gasteiger partial charge in [0.2, 0.25) is 5.91 Å². The van der Waals surface area contributed by atoms with Gasteiger partial charge in [0.05, 0.1) is 0 Å². The molecule has 1 atom stereocenters. The molecule has 5 heteroatoms. The number of nitrogens with one attached hydrogen (secondary N) is 1. The van der Waals surface area contributed by atoms with E-state index in [0.29, 0.717) is 5.56 Å². The fraction of sp³-hybridized carbons (Fsp3) is 0.350. The van der Waals surface area contributed by atoms with Crippen LogP contribution in [-0.2, 0) is 4.79 Å². The minimum absolute atomic E-state index is 0.0788. The van der Waals surface area contributed by atoms with Gasteiger partial charge in [-0.1, -0.05) is 18.2 Å². The highest BCUT2D eigenvalue weighted by Crippen LogP contribution is 2.23. The molecule has 0 spiro atoms. The summed E-state index contributed by atoms with van der Waals surface area (Å²) in [5.41, 5.74) is 4.65. The normalized spacial score (nSPS) is 11.7. The van der Waals surface area contributed by atoms with Crippen LogP contribution in [0.2, 0.25) is 0 Å². The molecule has 25 heavy (non-hydrogen) atoms. The van der Waals surface area contributed by atoms with Gasteiger partial charge in [0, 0.05) is 49.1 Å². The minimum Gasteiger partial charge on any atom is -0.359 e. The summed E-state index contributed by atoms with van der Waals surface area (Å²) in [6.07, 6.45) is 0.283. The van der Waals surface area contributed by atoms with Crippen molar-refractivity contribution in [3.63, 3.8) is 0 Å². The number of carbonyl (C=O) groups is 2. The van der Waals surface area contributed by atoms with Crippen LogP contribution in [0.5, 0.6) is 0 Å². The Morgan fingerprint density at radius 3 is 2.32 bits per heavy atom. The summed E-state index contributed by atoms with van der Waals surface area (Å²) >= 11 is 0. The van der Waals surface area contributed by atoms with Crippen LogP contribution in [0.1, 0.15) is 35.1 Å². The van der Waals surface area contributed by atoms with Gasteiger partial charge in [-0.3, -0.25) is 14.6 Å². The quantitative estimate of drug-likeness (QED) is 0.911. The Morgan fingerprint density at radius 1 is 1.12 bits per heavy atom. The maximum absolute atomic E-state index is 12.6. The van der Waals surface area contributed by atoms with Gasteiger partial charge in [0.1, 0.15) is 0 Å². The molecule has 2 rings (SSSR count). The molecule has 0 saturated carbocycles. The molecule has 132 valence electrons. The number of nitrogens with zero attached hydrogens (tertiary/aromatic N) is 2. The summed E-state index contributed by atoms with van der Waals surface area (Å²) < 4.78 is 0. The summed E-state index contributed by atoms with van der Waals surface area (Å²) in [6.45, 7) is 5.81. The molecule has 1 heterocycles. The van der Waals surface area contributed by atoms with Crippen molar-refractivity contribution >= 4 is 11.8 Å². The first kappa shape index (κ1) is 18.6. The number of aromatic nitrogens is 1. The molecule has 0 aliphatic carbocycles. The number of aryl methyl sites for hydroxylation is 2. The van der Waals surface area contributed by atoms with Gasteiger partial charge in [-0.15, -0.1) is 0 Å². The van der Waals surface area contributed by atoms with E-state index in [9.17, 15) is 9.59 Å². The van der Waals surface area contributed by atoms with Crippen molar-refractivity contribution in [2.24, 2.45) is 0 Å². The number of amides is 2. The monoisotopic (exact) mass is 339 g/mol. The van der Waals surface area contributed by atoms with Gasteiger partial charge in [-0.05, 0) is 44.5 Å². The maximum atomic E-state index is 12.6. The summed E-state index contributed by atoms with van der Waals surface area (Å²) in [6, 6.07) is 11.4. The minimum atomic E-state index is -0.171. The molecule has 1 aromatic carbocycles. The molecule has 2 amide bonds. The molecule has 1 N–H and O–H groups in total. The van der Waals surface area contributed by atoms with E-state index in [-0.39, 0.29) is 24.3 Å². The summed E-state index contributed by atoms with van der Waals surface area (Å²) in [5, 5.41) is 2.58. The summed E-state index contributed by atoms with van der Waals surface area (Å²) in [4.78, 5) is 30.2. The molecular weight excluding hydrogens is 314 g/mol. The Hall–Kier alpha value is -2.69. The van der Waals surface area contributed by atoms with E-state index in [4.69, 9.17) is 0 Å². The highest BCUT2D eigenvalue weighted by atomic mass is 16.2. The number of rotatable bonds is 5. The maximum Gasteiger partial charge on any atom is 0.253 e. The average molecular weight is 339 g/mol. The van der Waals surface area contributed by atoms with Crippen LogP contribution >= 0.6 is 0 Å². The summed E-state index contributed by atoms with van der Waals surface area (Å²) in [5.74, 6) is -0.174. The van der Waals surface area contributed by atoms with Gasteiger partial charge in [0.25, 0.3) is 5.91 Å². The van der Waals surface area contributed by atoms with Crippen molar-refractivity contribution in [2.45, 2.75) is 33.2 Å². The number of hydrogen-bond donors (Lipinski definition) is 1. The van der Waals surface area contributed by atoms with Crippen LogP contribution in [0.25, 0.3) is 11.1 Å². The van der Waals surface area contributed by atoms with Crippen LogP contribution in [0.3, 0.4) is 0 Å². The first-order chi connectivity index (χ1) is 11.8. The lowest BCUT2D eigenvalue weighted by molar-refractivity contribution is -0.121. The third-order valence-corrected chi connectivity index (χ3v) is 4.41. The van der Waals surface area contributed by atoms with Gasteiger partial charge in [-0.2, -0.15) is 0 Å². The molecule has 0 unspecified atom stereocenters. The predicted octanol–water partition coefficient (Wildman–Crippen LogP) is 2.96. The molecule has 2 aromatic rings. The van der Waals surface area contributed by atoms with E-state index in [1.807, 2.05) is 57.2 Å². The Kier molecular flexibility index (Phi) is 5.91. The highest BCUT2D eigenvalue weighted by molar-refractivity contribution is 5.95. The molecule has 1 aromatic heterocycles. The predicted molar refractivity (Wildman–Crippen MR) is 99.4 cm³/mol. The number of hydrogen-bond acceptors (Lipinski definition) is 3. The standard InChI is InChI=1S/C20H25N3O2/c1-13-6-11-18(15(3)22-13)16-7-9-17(10-8-16)20(25)23(5)14(2)12-19(24)21-4/h6-11,14H,12H2,1-5H3,(H,21,24)/t14-/m0/s1. The molecule has 0 bridgehead atoms. The van der Waals surface area contributed by atoms with Crippen molar-refractivity contribution in [1.82, 2.24) is 15.2 Å². The first-order valence-corrected chi connectivity index (χ1v) is 8.36. The van der Waals surface area contributed by atoms with E-state index < -0.39 is 0 Å². The second-order valence-corrected chi connectivity index (χ2v) is 6.31. The van der Waals surface area contributed by atoms with E-state index in [2.05, 4.69) is 10.3 Å². The van der Waals surface area contributed by atoms with Gasteiger partial charge in [-0.25, -0.2) is 0 Å². The lowest BCUT2D eigenvalue weighted by Crippen LogP contribution is -2.38. The van der Waals surface area contributed by atoms with Crippen LogP contribution in [0, 0.1) is 13.8 Å². The Balaban J connectivity index is 2.16. The highest BCUT2D eigenvalue weighted by Gasteiger charge is 2.19. The van der Waals surface area contributed by atoms with Gasteiger partial charge in [0.15, 0.2) is 0 Å². The SMILES string of the molecule is CNC(=O)C[C@H](C)N(C)C(=O)c1ccc(-c2ccc(C)nc2C)cc1. The number of benzene rings is 1. The second kappa shape index (κ2) is 7.92. The van der Waals surface area contributed by atoms with Crippen LogP contribution < -0.4 is 5.32 Å². The molecule has 0 fully saturated rings. The second-order valence-electron chi connectivity index (χ2n) is 6.31. The van der Waals surface area contributed by atoms with Crippen LogP contribution in [0.15, 0.2) is 36.4 Å². The lowest BCUT2D eigenvalue weighted by atomic mass is 10.0. The van der Waals surface area contributed by atoms with Gasteiger partial charge >= 0.3 is 0 Å². The average Bonchev–Trinajstić information content (AvgIpc) is 2.60. The third-order valence-electron chi connectivity index (χ3n) is 4.41. The molecule has 5 nitrogen and oxygen atoms in total. The smallest absolute Gasteiger partial charge is 0.253 e. The molecular formula is C20H25N3O2. The Bertz CT molecular complexity index is 769. The largest absolute Gasteiger partial charge is 0.359 e. The first-order valence-electron chi connectivity index (χ1n) is 8.36.